The minimum absolute atomic E-state index is 0.000369. The molecule has 1 fully saturated rings. The van der Waals surface area contributed by atoms with E-state index < -0.39 is 27.2 Å². The Morgan fingerprint density at radius 1 is 0.915 bits per heavy atom. The number of benzene rings is 2. The fourth-order valence-corrected chi connectivity index (χ4v) is 6.65. The van der Waals surface area contributed by atoms with Crippen molar-refractivity contribution in [1.29, 1.82) is 0 Å². The van der Waals surface area contributed by atoms with Crippen molar-refractivity contribution >= 4 is 26.9 Å². The first-order valence-electron chi connectivity index (χ1n) is 15.8. The first kappa shape index (κ1) is 36.4. The number of aromatic nitrogens is 2. The lowest BCUT2D eigenvalue weighted by Gasteiger charge is -2.31. The van der Waals surface area contributed by atoms with Gasteiger partial charge in [-0.05, 0) is 75.4 Å². The van der Waals surface area contributed by atoms with E-state index in [-0.39, 0.29) is 34.9 Å². The maximum atomic E-state index is 13.5. The van der Waals surface area contributed by atoms with E-state index in [0.29, 0.717) is 72.2 Å². The number of hydrogen-bond donors (Lipinski definition) is 1. The van der Waals surface area contributed by atoms with Crippen molar-refractivity contribution < 1.29 is 42.0 Å². The zero-order valence-corrected chi connectivity index (χ0v) is 28.1. The molecule has 2 aromatic carbocycles. The number of hydrogen-bond acceptors (Lipinski definition) is 11. The average molecular weight is 676 g/mol. The lowest BCUT2D eigenvalue weighted by Crippen LogP contribution is -2.38. The molecule has 1 aromatic heterocycles. The fourth-order valence-electron chi connectivity index (χ4n) is 5.16. The zero-order valence-electron chi connectivity index (χ0n) is 27.3. The summed E-state index contributed by atoms with van der Waals surface area (Å²) in [5.41, 5.74) is 0.235. The molecule has 3 aromatic rings. The third-order valence-electron chi connectivity index (χ3n) is 7.44. The second-order valence-corrected chi connectivity index (χ2v) is 14.0. The number of carbonyl (C=O) groups is 1. The molecule has 2 heterocycles. The number of sulfonamides is 1. The van der Waals surface area contributed by atoms with Crippen LogP contribution in [-0.2, 0) is 40.3 Å². The van der Waals surface area contributed by atoms with Gasteiger partial charge in [-0.2, -0.15) is 4.31 Å². The predicted molar refractivity (Wildman–Crippen MR) is 174 cm³/mol. The summed E-state index contributed by atoms with van der Waals surface area (Å²) in [6.07, 6.45) is 2.58. The van der Waals surface area contributed by atoms with Crippen molar-refractivity contribution in [2.75, 3.05) is 65.9 Å². The molecule has 1 saturated heterocycles. The summed E-state index contributed by atoms with van der Waals surface area (Å²) in [7, 11) is -3.80. The fraction of sp³-hybridized carbons (Fsp3) is 0.545. The third kappa shape index (κ3) is 10.8. The molecular formula is C33H45N3O10S. The van der Waals surface area contributed by atoms with Gasteiger partial charge in [-0.3, -0.25) is 14.2 Å². The Bertz CT molecular complexity index is 1610. The van der Waals surface area contributed by atoms with E-state index >= 15 is 0 Å². The standard InChI is InChI=1S/C33H45N3O10S/c1-33(2,3)46-31(38)23-35-24-34-30-22-28(8-9-29(30)32(35)39)47(40,41)36-12-10-26(11-13-36)25-4-6-27(7-5-25)45-21-20-44-19-18-43-17-16-42-15-14-37/h4-9,22,24,26,37H,10-21,23H2,1-3H3. The van der Waals surface area contributed by atoms with Crippen LogP contribution in [0.3, 0.4) is 0 Å². The molecule has 258 valence electrons. The minimum atomic E-state index is -3.80. The molecule has 0 atom stereocenters. The molecule has 13 nitrogen and oxygen atoms in total. The van der Waals surface area contributed by atoms with Gasteiger partial charge in [0.1, 0.15) is 24.5 Å². The van der Waals surface area contributed by atoms with Crippen molar-refractivity contribution in [2.24, 2.45) is 0 Å². The van der Waals surface area contributed by atoms with Gasteiger partial charge in [0, 0.05) is 13.1 Å². The molecule has 4 rings (SSSR count). The lowest BCUT2D eigenvalue weighted by molar-refractivity contribution is -0.155. The van der Waals surface area contributed by atoms with Crippen LogP contribution in [0.4, 0.5) is 0 Å². The van der Waals surface area contributed by atoms with E-state index in [1.165, 1.54) is 28.8 Å². The van der Waals surface area contributed by atoms with Crippen molar-refractivity contribution in [1.82, 2.24) is 13.9 Å². The van der Waals surface area contributed by atoms with Gasteiger partial charge < -0.3 is 28.8 Å². The highest BCUT2D eigenvalue weighted by Crippen LogP contribution is 2.32. The summed E-state index contributed by atoms with van der Waals surface area (Å²) in [6, 6.07) is 12.1. The monoisotopic (exact) mass is 675 g/mol. The smallest absolute Gasteiger partial charge is 0.326 e. The van der Waals surface area contributed by atoms with Crippen molar-refractivity contribution in [2.45, 2.75) is 56.6 Å². The molecular weight excluding hydrogens is 630 g/mol. The number of fused-ring (bicyclic) bond motifs is 1. The third-order valence-corrected chi connectivity index (χ3v) is 9.33. The van der Waals surface area contributed by atoms with Gasteiger partial charge in [0.25, 0.3) is 5.56 Å². The molecule has 47 heavy (non-hydrogen) atoms. The minimum Gasteiger partial charge on any atom is -0.491 e. The zero-order chi connectivity index (χ0) is 33.9. The quantitative estimate of drug-likeness (QED) is 0.166. The molecule has 1 aliphatic rings. The number of aliphatic hydroxyl groups is 1. The van der Waals surface area contributed by atoms with Crippen molar-refractivity contribution in [3.63, 3.8) is 0 Å². The summed E-state index contributed by atoms with van der Waals surface area (Å²) in [6.45, 7) is 8.61. The summed E-state index contributed by atoms with van der Waals surface area (Å²) < 4.78 is 56.7. The van der Waals surface area contributed by atoms with Crippen LogP contribution in [0.1, 0.15) is 45.1 Å². The number of nitrogens with zero attached hydrogens (tertiary/aromatic N) is 3. The van der Waals surface area contributed by atoms with E-state index in [2.05, 4.69) is 4.98 Å². The number of rotatable bonds is 17. The van der Waals surface area contributed by atoms with Gasteiger partial charge in [0.05, 0.1) is 68.4 Å². The van der Waals surface area contributed by atoms with E-state index in [0.717, 1.165) is 15.9 Å². The summed E-state index contributed by atoms with van der Waals surface area (Å²) in [5, 5.41) is 8.86. The average Bonchev–Trinajstić information content (AvgIpc) is 3.04. The van der Waals surface area contributed by atoms with Gasteiger partial charge >= 0.3 is 5.97 Å². The lowest BCUT2D eigenvalue weighted by atomic mass is 9.90. The van der Waals surface area contributed by atoms with Crippen LogP contribution in [0, 0.1) is 0 Å². The molecule has 0 spiro atoms. The van der Waals surface area contributed by atoms with Gasteiger partial charge in [0.2, 0.25) is 10.0 Å². The van der Waals surface area contributed by atoms with E-state index in [1.54, 1.807) is 20.8 Å². The second-order valence-electron chi connectivity index (χ2n) is 12.1. The Morgan fingerprint density at radius 3 is 2.15 bits per heavy atom. The van der Waals surface area contributed by atoms with Crippen LogP contribution < -0.4 is 10.3 Å². The predicted octanol–water partition coefficient (Wildman–Crippen LogP) is 2.73. The Hall–Kier alpha value is -3.40. The Labute approximate surface area is 275 Å². The van der Waals surface area contributed by atoms with Gasteiger partial charge in [-0.15, -0.1) is 0 Å². The molecule has 14 heteroatoms. The van der Waals surface area contributed by atoms with Gasteiger partial charge in [0.15, 0.2) is 0 Å². The van der Waals surface area contributed by atoms with Crippen molar-refractivity contribution in [3.05, 3.63) is 64.7 Å². The second kappa shape index (κ2) is 17.1. The highest BCUT2D eigenvalue weighted by molar-refractivity contribution is 7.89. The maximum Gasteiger partial charge on any atom is 0.326 e. The van der Waals surface area contributed by atoms with Crippen LogP contribution in [-0.4, -0.2) is 105 Å². The first-order chi connectivity index (χ1) is 22.5. The largest absolute Gasteiger partial charge is 0.491 e. The molecule has 0 amide bonds. The molecule has 0 radical (unpaired) electrons. The normalized spacial score (nSPS) is 14.8. The number of esters is 1. The summed E-state index contributed by atoms with van der Waals surface area (Å²) >= 11 is 0. The van der Waals surface area contributed by atoms with Crippen LogP contribution in [0.2, 0.25) is 0 Å². The van der Waals surface area contributed by atoms with Crippen molar-refractivity contribution in [3.8, 4) is 5.75 Å². The Kier molecular flexibility index (Phi) is 13.3. The molecule has 1 N–H and O–H groups in total. The highest BCUT2D eigenvalue weighted by Gasteiger charge is 2.30. The number of ether oxygens (including phenoxy) is 5. The molecule has 0 saturated carbocycles. The highest BCUT2D eigenvalue weighted by atomic mass is 32.2. The number of aliphatic hydroxyl groups excluding tert-OH is 1. The van der Waals surface area contributed by atoms with Crippen LogP contribution >= 0.6 is 0 Å². The summed E-state index contributed by atoms with van der Waals surface area (Å²) in [5.74, 6) is 0.386. The molecule has 1 aliphatic heterocycles. The number of piperidine rings is 1. The van der Waals surface area contributed by atoms with E-state index in [4.69, 9.17) is 28.8 Å². The van der Waals surface area contributed by atoms with Gasteiger partial charge in [-0.1, -0.05) is 12.1 Å². The van der Waals surface area contributed by atoms with E-state index in [1.807, 2.05) is 24.3 Å². The van der Waals surface area contributed by atoms with Crippen LogP contribution in [0.5, 0.6) is 5.75 Å². The first-order valence-corrected chi connectivity index (χ1v) is 17.2. The molecule has 0 unspecified atom stereocenters. The van der Waals surface area contributed by atoms with E-state index in [9.17, 15) is 18.0 Å². The Balaban J connectivity index is 1.23. The van der Waals surface area contributed by atoms with Crippen LogP contribution in [0.25, 0.3) is 10.9 Å². The van der Waals surface area contributed by atoms with Gasteiger partial charge in [-0.25, -0.2) is 13.4 Å². The molecule has 0 aliphatic carbocycles. The Morgan fingerprint density at radius 2 is 1.53 bits per heavy atom. The summed E-state index contributed by atoms with van der Waals surface area (Å²) in [4.78, 5) is 29.5. The SMILES string of the molecule is CC(C)(C)OC(=O)Cn1cnc2cc(S(=O)(=O)N3CCC(c4ccc(OCCOCCOCCOCCO)cc4)CC3)ccc2c1=O. The van der Waals surface area contributed by atoms with Crippen LogP contribution in [0.15, 0.2) is 58.5 Å². The number of carbonyl (C=O) groups excluding carboxylic acids is 1. The topological polar surface area (TPSA) is 156 Å². The maximum absolute atomic E-state index is 13.5. The molecule has 0 bridgehead atoms.